The zero-order valence-corrected chi connectivity index (χ0v) is 23.3. The molecule has 5 aromatic carbocycles. The maximum Gasteiger partial charge on any atom is 0.121 e. The highest BCUT2D eigenvalue weighted by Crippen LogP contribution is 2.37. The molecule has 0 N–H and O–H groups in total. The molecule has 2 aromatic heterocycles. The van der Waals surface area contributed by atoms with Crippen LogP contribution in [0.1, 0.15) is 25.0 Å². The van der Waals surface area contributed by atoms with Crippen LogP contribution >= 0.6 is 0 Å². The number of fused-ring (bicyclic) bond motifs is 3. The van der Waals surface area contributed by atoms with E-state index in [1.54, 1.807) is 11.0 Å². The molecule has 198 valence electrons. The molecule has 0 amide bonds. The van der Waals surface area contributed by atoms with Crippen molar-refractivity contribution in [3.8, 4) is 39.1 Å². The number of hydrogen-bond acceptors (Lipinski definition) is 3. The van der Waals surface area contributed by atoms with Crippen molar-refractivity contribution in [3.05, 3.63) is 133 Å². The molecular weight excluding hydrogens is 500 g/mol. The van der Waals surface area contributed by atoms with Gasteiger partial charge in [-0.3, -0.25) is 4.98 Å². The number of aryl methyl sites for hydroxylation is 2. The number of benzene rings is 5. The second kappa shape index (κ2) is 10.5. The van der Waals surface area contributed by atoms with Crippen LogP contribution in [0.25, 0.3) is 60.9 Å². The molecule has 0 unspecified atom stereocenters. The van der Waals surface area contributed by atoms with E-state index < -0.39 is 0 Å². The highest BCUT2D eigenvalue weighted by molar-refractivity contribution is 6.11. The van der Waals surface area contributed by atoms with Gasteiger partial charge in [0.25, 0.3) is 0 Å². The van der Waals surface area contributed by atoms with E-state index in [-0.39, 0.29) is 0 Å². The van der Waals surface area contributed by atoms with E-state index in [9.17, 15) is 0 Å². The summed E-state index contributed by atoms with van der Waals surface area (Å²) in [6.45, 7) is 4.46. The molecule has 0 saturated carbocycles. The summed E-state index contributed by atoms with van der Waals surface area (Å²) in [5, 5.41) is 12.2. The van der Waals surface area contributed by atoms with Gasteiger partial charge in [0, 0.05) is 23.3 Å². The van der Waals surface area contributed by atoms with Crippen molar-refractivity contribution in [2.75, 3.05) is 0 Å². The molecule has 0 aliphatic heterocycles. The number of rotatable bonds is 6. The van der Waals surface area contributed by atoms with Gasteiger partial charge in [-0.05, 0) is 81.4 Å². The van der Waals surface area contributed by atoms with Crippen molar-refractivity contribution in [1.29, 1.82) is 0 Å². The van der Waals surface area contributed by atoms with Gasteiger partial charge in [0.15, 0.2) is 0 Å². The third kappa shape index (κ3) is 4.48. The summed E-state index contributed by atoms with van der Waals surface area (Å²) in [6.07, 6.45) is 5.65. The average Bonchev–Trinajstić information content (AvgIpc) is 3.49. The van der Waals surface area contributed by atoms with Crippen LogP contribution in [0.4, 0.5) is 0 Å². The molecule has 0 spiro atoms. The first-order valence-corrected chi connectivity index (χ1v) is 14.2. The van der Waals surface area contributed by atoms with Gasteiger partial charge < -0.3 is 0 Å². The summed E-state index contributed by atoms with van der Waals surface area (Å²) < 4.78 is 0. The fraction of sp³-hybridized carbons (Fsp3) is 0.108. The molecule has 0 atom stereocenters. The molecule has 4 nitrogen and oxygen atoms in total. The summed E-state index contributed by atoms with van der Waals surface area (Å²) in [6, 6.07) is 38.7. The fourth-order valence-electron chi connectivity index (χ4n) is 5.85. The molecule has 0 fully saturated rings. The highest BCUT2D eigenvalue weighted by Gasteiger charge is 2.16. The quantitative estimate of drug-likeness (QED) is 0.215. The zero-order chi connectivity index (χ0) is 27.8. The molecule has 7 rings (SSSR count). The Kier molecular flexibility index (Phi) is 6.36. The van der Waals surface area contributed by atoms with Crippen LogP contribution in [0, 0.1) is 0 Å². The zero-order valence-electron chi connectivity index (χ0n) is 23.3. The Balaban J connectivity index is 1.37. The number of nitrogens with zero attached hydrogens (tertiary/aromatic N) is 4. The second-order valence-electron chi connectivity index (χ2n) is 10.4. The van der Waals surface area contributed by atoms with E-state index in [1.807, 2.05) is 24.4 Å². The Hall–Kier alpha value is -5.09. The van der Waals surface area contributed by atoms with Crippen molar-refractivity contribution in [3.63, 3.8) is 0 Å². The van der Waals surface area contributed by atoms with Gasteiger partial charge in [0.05, 0.1) is 5.69 Å². The van der Waals surface area contributed by atoms with Crippen LogP contribution in [0.3, 0.4) is 0 Å². The predicted octanol–water partition coefficient (Wildman–Crippen LogP) is 9.09. The van der Waals surface area contributed by atoms with E-state index in [4.69, 9.17) is 10.2 Å². The van der Waals surface area contributed by atoms with Crippen LogP contribution in [0.2, 0.25) is 0 Å². The Morgan fingerprint density at radius 1 is 0.561 bits per heavy atom. The lowest BCUT2D eigenvalue weighted by molar-refractivity contribution is 0.766. The van der Waals surface area contributed by atoms with Crippen LogP contribution in [-0.4, -0.2) is 20.0 Å². The SMILES string of the molecule is CCc1ccccc1-c1ccc(-c2cc3nn(-c4cccc(-c5cccnc5)c4)nc3c3ccccc23)cc1CC. The highest BCUT2D eigenvalue weighted by atomic mass is 15.5. The molecule has 7 aromatic rings. The molecule has 0 saturated heterocycles. The summed E-state index contributed by atoms with van der Waals surface area (Å²) in [7, 11) is 0. The van der Waals surface area contributed by atoms with E-state index in [2.05, 4.69) is 110 Å². The first kappa shape index (κ1) is 24.9. The third-order valence-electron chi connectivity index (χ3n) is 7.95. The number of pyridine rings is 1. The molecule has 0 bridgehead atoms. The summed E-state index contributed by atoms with van der Waals surface area (Å²) in [5.41, 5.74) is 12.6. The number of hydrogen-bond donors (Lipinski definition) is 0. The minimum Gasteiger partial charge on any atom is -0.264 e. The number of aromatic nitrogens is 4. The van der Waals surface area contributed by atoms with Gasteiger partial charge in [-0.2, -0.15) is 4.80 Å². The molecular formula is C37H30N4. The largest absolute Gasteiger partial charge is 0.264 e. The van der Waals surface area contributed by atoms with Gasteiger partial charge >= 0.3 is 0 Å². The van der Waals surface area contributed by atoms with Gasteiger partial charge in [-0.15, -0.1) is 10.2 Å². The van der Waals surface area contributed by atoms with Crippen LogP contribution < -0.4 is 0 Å². The Morgan fingerprint density at radius 2 is 1.34 bits per heavy atom. The molecule has 0 aliphatic rings. The lowest BCUT2D eigenvalue weighted by Gasteiger charge is -2.15. The molecule has 4 heteroatoms. The van der Waals surface area contributed by atoms with E-state index >= 15 is 0 Å². The van der Waals surface area contributed by atoms with Crippen LogP contribution in [0.5, 0.6) is 0 Å². The smallest absolute Gasteiger partial charge is 0.121 e. The Bertz CT molecular complexity index is 2020. The van der Waals surface area contributed by atoms with E-state index in [1.165, 1.54) is 38.8 Å². The summed E-state index contributed by atoms with van der Waals surface area (Å²) in [5.74, 6) is 0. The van der Waals surface area contributed by atoms with Gasteiger partial charge in [-0.25, -0.2) is 0 Å². The predicted molar refractivity (Wildman–Crippen MR) is 169 cm³/mol. The first-order chi connectivity index (χ1) is 20.2. The van der Waals surface area contributed by atoms with Gasteiger partial charge in [-0.1, -0.05) is 98.8 Å². The summed E-state index contributed by atoms with van der Waals surface area (Å²) >= 11 is 0. The van der Waals surface area contributed by atoms with Gasteiger partial charge in [0.1, 0.15) is 11.0 Å². The van der Waals surface area contributed by atoms with Crippen molar-refractivity contribution >= 4 is 21.8 Å². The monoisotopic (exact) mass is 530 g/mol. The topological polar surface area (TPSA) is 43.6 Å². The molecule has 0 aliphatic carbocycles. The lowest BCUT2D eigenvalue weighted by atomic mass is 9.89. The van der Waals surface area contributed by atoms with E-state index in [0.717, 1.165) is 46.1 Å². The lowest BCUT2D eigenvalue weighted by Crippen LogP contribution is -1.98. The Morgan fingerprint density at radius 3 is 2.17 bits per heavy atom. The minimum absolute atomic E-state index is 0.879. The molecule has 0 radical (unpaired) electrons. The van der Waals surface area contributed by atoms with E-state index in [0.29, 0.717) is 0 Å². The average molecular weight is 531 g/mol. The van der Waals surface area contributed by atoms with Crippen LogP contribution in [0.15, 0.2) is 122 Å². The summed E-state index contributed by atoms with van der Waals surface area (Å²) in [4.78, 5) is 6.03. The van der Waals surface area contributed by atoms with Crippen LogP contribution in [-0.2, 0) is 12.8 Å². The van der Waals surface area contributed by atoms with Crippen molar-refractivity contribution in [2.24, 2.45) is 0 Å². The second-order valence-corrected chi connectivity index (χ2v) is 10.4. The molecule has 41 heavy (non-hydrogen) atoms. The first-order valence-electron chi connectivity index (χ1n) is 14.2. The fourth-order valence-corrected chi connectivity index (χ4v) is 5.85. The van der Waals surface area contributed by atoms with Crippen molar-refractivity contribution in [2.45, 2.75) is 26.7 Å². The van der Waals surface area contributed by atoms with Crippen molar-refractivity contribution in [1.82, 2.24) is 20.0 Å². The minimum atomic E-state index is 0.879. The maximum atomic E-state index is 4.98. The van der Waals surface area contributed by atoms with Crippen molar-refractivity contribution < 1.29 is 0 Å². The Labute approximate surface area is 239 Å². The third-order valence-corrected chi connectivity index (χ3v) is 7.95. The normalized spacial score (nSPS) is 11.4. The maximum absolute atomic E-state index is 4.98. The molecule has 2 heterocycles. The van der Waals surface area contributed by atoms with Gasteiger partial charge in [0.2, 0.25) is 0 Å². The standard InChI is InChI=1S/C37H30N4/c1-3-25-11-5-6-15-31(25)32-19-18-28(21-26(32)4-2)35-23-36-37(34-17-8-7-16-33(34)35)40-41(39-36)30-14-9-12-27(22-30)29-13-10-20-38-24-29/h5-24H,3-4H2,1-2H3.